The Morgan fingerprint density at radius 1 is 1.24 bits per heavy atom. The summed E-state index contributed by atoms with van der Waals surface area (Å²) in [6, 6.07) is 2.56. The van der Waals surface area contributed by atoms with Crippen LogP contribution in [0.3, 0.4) is 0 Å². The molecule has 0 aromatic heterocycles. The molecule has 0 spiro atoms. The second-order valence-corrected chi connectivity index (χ2v) is 4.89. The summed E-state index contributed by atoms with van der Waals surface area (Å²) in [5, 5.41) is 31.1. The lowest BCUT2D eigenvalue weighted by Gasteiger charge is -2.13. The summed E-state index contributed by atoms with van der Waals surface area (Å²) in [5.41, 5.74) is -0.128. The van der Waals surface area contributed by atoms with Crippen molar-refractivity contribution in [2.75, 3.05) is 33.5 Å². The predicted octanol–water partition coefficient (Wildman–Crippen LogP) is 0.973. The van der Waals surface area contributed by atoms with Crippen LogP contribution < -0.4 is 14.8 Å². The van der Waals surface area contributed by atoms with Crippen LogP contribution in [-0.2, 0) is 11.3 Å². The van der Waals surface area contributed by atoms with Gasteiger partial charge in [0.15, 0.2) is 11.5 Å². The molecule has 10 heteroatoms. The summed E-state index contributed by atoms with van der Waals surface area (Å²) in [7, 11) is 1.38. The number of hydrogen-bond donors (Lipinski definition) is 3. The minimum atomic E-state index is -0.745. The van der Waals surface area contributed by atoms with Crippen LogP contribution in [0.1, 0.15) is 18.4 Å². The Bertz CT molecular complexity index is 579. The predicted molar refractivity (Wildman–Crippen MR) is 86.7 cm³/mol. The first-order chi connectivity index (χ1) is 12.0. The highest BCUT2D eigenvalue weighted by Gasteiger charge is 2.21. The van der Waals surface area contributed by atoms with Crippen molar-refractivity contribution in [3.8, 4) is 11.5 Å². The number of carbonyl (C=O) groups excluding carboxylic acids is 1. The fourth-order valence-electron chi connectivity index (χ4n) is 1.86. The molecule has 0 bridgehead atoms. The van der Waals surface area contributed by atoms with Crippen LogP contribution >= 0.6 is 0 Å². The number of nitrogens with one attached hydrogen (secondary N) is 1. The van der Waals surface area contributed by atoms with Crippen molar-refractivity contribution in [2.45, 2.75) is 19.4 Å². The molecule has 0 radical (unpaired) electrons. The van der Waals surface area contributed by atoms with Crippen LogP contribution in [0.4, 0.5) is 10.5 Å². The lowest BCUT2D eigenvalue weighted by Crippen LogP contribution is -2.25. The molecule has 0 aliphatic carbocycles. The van der Waals surface area contributed by atoms with E-state index in [4.69, 9.17) is 24.4 Å². The number of nitrogens with zero attached hydrogens (tertiary/aromatic N) is 1. The lowest BCUT2D eigenvalue weighted by atomic mass is 10.1. The van der Waals surface area contributed by atoms with E-state index in [1.54, 1.807) is 0 Å². The average molecular weight is 358 g/mol. The van der Waals surface area contributed by atoms with E-state index in [1.807, 2.05) is 0 Å². The summed E-state index contributed by atoms with van der Waals surface area (Å²) in [4.78, 5) is 22.1. The van der Waals surface area contributed by atoms with E-state index < -0.39 is 11.0 Å². The number of nitro groups is 1. The van der Waals surface area contributed by atoms with E-state index >= 15 is 0 Å². The molecule has 0 saturated heterocycles. The quantitative estimate of drug-likeness (QED) is 0.302. The van der Waals surface area contributed by atoms with Gasteiger partial charge in [0.05, 0.1) is 30.3 Å². The van der Waals surface area contributed by atoms with Crippen molar-refractivity contribution in [3.63, 3.8) is 0 Å². The lowest BCUT2D eigenvalue weighted by molar-refractivity contribution is -0.385. The first-order valence-corrected chi connectivity index (χ1v) is 7.64. The number of ether oxygens (including phenoxy) is 3. The monoisotopic (exact) mass is 358 g/mol. The molecule has 0 fully saturated rings. The van der Waals surface area contributed by atoms with Crippen molar-refractivity contribution in [1.82, 2.24) is 5.32 Å². The molecule has 0 aliphatic heterocycles. The normalized spacial score (nSPS) is 10.2. The third-order valence-electron chi connectivity index (χ3n) is 3.08. The molecule has 0 saturated carbocycles. The van der Waals surface area contributed by atoms with E-state index in [0.29, 0.717) is 12.8 Å². The number of hydrogen-bond acceptors (Lipinski definition) is 8. The standard InChI is InChI=1S/C15H22N2O8/c1-23-13-8-11(10-25-15(20)16-4-2-5-18)12(17(21)22)9-14(13)24-7-3-6-19/h8-9,18-19H,2-7,10H2,1H3,(H,16,20). The molecule has 0 aliphatic rings. The minimum Gasteiger partial charge on any atom is -0.493 e. The molecular weight excluding hydrogens is 336 g/mol. The Morgan fingerprint density at radius 2 is 1.96 bits per heavy atom. The summed E-state index contributed by atoms with van der Waals surface area (Å²) in [6.45, 7) is -0.0531. The zero-order chi connectivity index (χ0) is 18.7. The van der Waals surface area contributed by atoms with Crippen LogP contribution in [0.25, 0.3) is 0 Å². The van der Waals surface area contributed by atoms with E-state index in [9.17, 15) is 14.9 Å². The van der Waals surface area contributed by atoms with Gasteiger partial charge in [0, 0.05) is 26.2 Å². The number of rotatable bonds is 11. The molecule has 1 rings (SSSR count). The topological polar surface area (TPSA) is 140 Å². The number of benzene rings is 1. The molecule has 1 amide bonds. The van der Waals surface area contributed by atoms with Gasteiger partial charge in [0.25, 0.3) is 5.69 Å². The van der Waals surface area contributed by atoms with Gasteiger partial charge in [0.1, 0.15) is 6.61 Å². The largest absolute Gasteiger partial charge is 0.493 e. The van der Waals surface area contributed by atoms with Crippen molar-refractivity contribution < 1.29 is 34.1 Å². The number of aliphatic hydroxyl groups excluding tert-OH is 2. The summed E-state index contributed by atoms with van der Waals surface area (Å²) in [5.74, 6) is 0.418. The molecule has 140 valence electrons. The Kier molecular flexibility index (Phi) is 9.04. The van der Waals surface area contributed by atoms with Crippen LogP contribution in [0.5, 0.6) is 11.5 Å². The number of methoxy groups -OCH3 is 1. The van der Waals surface area contributed by atoms with Gasteiger partial charge in [-0.05, 0) is 12.5 Å². The second kappa shape index (κ2) is 11.0. The molecule has 25 heavy (non-hydrogen) atoms. The minimum absolute atomic E-state index is 0.0677. The fraction of sp³-hybridized carbons (Fsp3) is 0.533. The van der Waals surface area contributed by atoms with Gasteiger partial charge in [-0.25, -0.2) is 4.79 Å². The van der Waals surface area contributed by atoms with Gasteiger partial charge in [-0.2, -0.15) is 0 Å². The Labute approximate surface area is 144 Å². The van der Waals surface area contributed by atoms with Crippen LogP contribution in [-0.4, -0.2) is 54.7 Å². The van der Waals surface area contributed by atoms with E-state index in [2.05, 4.69) is 5.32 Å². The van der Waals surface area contributed by atoms with E-state index in [1.165, 1.54) is 19.2 Å². The average Bonchev–Trinajstić information content (AvgIpc) is 2.60. The van der Waals surface area contributed by atoms with Gasteiger partial charge in [-0.15, -0.1) is 0 Å². The molecule has 3 N–H and O–H groups in total. The van der Waals surface area contributed by atoms with Crippen molar-refractivity contribution >= 4 is 11.8 Å². The SMILES string of the molecule is COc1cc(COC(=O)NCCCO)c([N+](=O)[O-])cc1OCCCO. The van der Waals surface area contributed by atoms with Crippen molar-refractivity contribution in [3.05, 3.63) is 27.8 Å². The zero-order valence-electron chi connectivity index (χ0n) is 13.9. The van der Waals surface area contributed by atoms with Gasteiger partial charge < -0.3 is 29.7 Å². The first kappa shape index (κ1) is 20.5. The summed E-state index contributed by atoms with van der Waals surface area (Å²) < 4.78 is 15.5. The van der Waals surface area contributed by atoms with Crippen LogP contribution in [0, 0.1) is 10.1 Å². The van der Waals surface area contributed by atoms with E-state index in [0.717, 1.165) is 0 Å². The maximum absolute atomic E-state index is 11.5. The van der Waals surface area contributed by atoms with Gasteiger partial charge >= 0.3 is 6.09 Å². The van der Waals surface area contributed by atoms with Gasteiger partial charge in [-0.1, -0.05) is 0 Å². The molecule has 1 aromatic rings. The Hall–Kier alpha value is -2.59. The second-order valence-electron chi connectivity index (χ2n) is 4.89. The smallest absolute Gasteiger partial charge is 0.407 e. The molecule has 10 nitrogen and oxygen atoms in total. The maximum Gasteiger partial charge on any atom is 0.407 e. The Morgan fingerprint density at radius 3 is 2.56 bits per heavy atom. The third kappa shape index (κ3) is 6.81. The van der Waals surface area contributed by atoms with Gasteiger partial charge in [-0.3, -0.25) is 10.1 Å². The maximum atomic E-state index is 11.5. The van der Waals surface area contributed by atoms with Crippen molar-refractivity contribution in [1.29, 1.82) is 0 Å². The van der Waals surface area contributed by atoms with Crippen LogP contribution in [0.15, 0.2) is 12.1 Å². The highest BCUT2D eigenvalue weighted by Crippen LogP contribution is 2.35. The highest BCUT2D eigenvalue weighted by molar-refractivity contribution is 5.67. The van der Waals surface area contributed by atoms with Crippen molar-refractivity contribution in [2.24, 2.45) is 0 Å². The van der Waals surface area contributed by atoms with E-state index in [-0.39, 0.29) is 55.7 Å². The Balaban J connectivity index is 2.86. The third-order valence-corrected chi connectivity index (χ3v) is 3.08. The van der Waals surface area contributed by atoms with Gasteiger partial charge in [0.2, 0.25) is 0 Å². The molecule has 0 atom stereocenters. The first-order valence-electron chi connectivity index (χ1n) is 7.64. The summed E-state index contributed by atoms with van der Waals surface area (Å²) >= 11 is 0. The number of amides is 1. The number of aliphatic hydroxyl groups is 2. The molecular formula is C15H22N2O8. The number of alkyl carbamates (subject to hydrolysis) is 1. The fourth-order valence-corrected chi connectivity index (χ4v) is 1.86. The molecule has 0 heterocycles. The number of carbonyl (C=O) groups is 1. The molecule has 1 aromatic carbocycles. The summed E-state index contributed by atoms with van der Waals surface area (Å²) in [6.07, 6.45) is 0.00340. The molecule has 0 unspecified atom stereocenters. The van der Waals surface area contributed by atoms with Crippen LogP contribution in [0.2, 0.25) is 0 Å². The highest BCUT2D eigenvalue weighted by atomic mass is 16.6. The number of nitro benzene ring substituents is 1. The zero-order valence-corrected chi connectivity index (χ0v) is 13.9.